The predicted molar refractivity (Wildman–Crippen MR) is 91.5 cm³/mol. The Morgan fingerprint density at radius 1 is 0.773 bits per heavy atom. The lowest BCUT2D eigenvalue weighted by atomic mass is 10.1. The highest BCUT2D eigenvalue weighted by atomic mass is 16.5. The van der Waals surface area contributed by atoms with Gasteiger partial charge >= 0.3 is 0 Å². The van der Waals surface area contributed by atoms with Gasteiger partial charge in [0.25, 0.3) is 0 Å². The van der Waals surface area contributed by atoms with Gasteiger partial charge < -0.3 is 9.30 Å². The highest BCUT2D eigenvalue weighted by Crippen LogP contribution is 2.32. The van der Waals surface area contributed by atoms with E-state index in [1.807, 2.05) is 6.07 Å². The third-order valence-corrected chi connectivity index (χ3v) is 4.16. The van der Waals surface area contributed by atoms with Crippen LogP contribution >= 0.6 is 0 Å². The molecule has 0 fully saturated rings. The summed E-state index contributed by atoms with van der Waals surface area (Å²) >= 11 is 0. The smallest absolute Gasteiger partial charge is 0.119 e. The molecule has 0 amide bonds. The molecule has 0 saturated heterocycles. The van der Waals surface area contributed by atoms with Crippen LogP contribution in [0.5, 0.6) is 5.75 Å². The van der Waals surface area contributed by atoms with Crippen LogP contribution < -0.4 is 4.74 Å². The highest BCUT2D eigenvalue weighted by Gasteiger charge is 2.11. The Morgan fingerprint density at radius 3 is 2.32 bits per heavy atom. The Bertz CT molecular complexity index is 938. The van der Waals surface area contributed by atoms with Crippen LogP contribution in [0.2, 0.25) is 0 Å². The fourth-order valence-electron chi connectivity index (χ4n) is 3.10. The van der Waals surface area contributed by atoms with Crippen LogP contribution in [0.1, 0.15) is 5.56 Å². The Hall–Kier alpha value is -2.74. The molecule has 4 rings (SSSR count). The summed E-state index contributed by atoms with van der Waals surface area (Å²) in [6, 6.07) is 25.4. The van der Waals surface area contributed by atoms with Crippen molar-refractivity contribution in [2.45, 2.75) is 6.54 Å². The third-order valence-electron chi connectivity index (χ3n) is 4.16. The Morgan fingerprint density at radius 2 is 1.50 bits per heavy atom. The van der Waals surface area contributed by atoms with Crippen molar-refractivity contribution < 1.29 is 4.74 Å². The lowest BCUT2D eigenvalue weighted by Crippen LogP contribution is -1.98. The Labute approximate surface area is 129 Å². The second kappa shape index (κ2) is 5.23. The molecule has 4 aromatic rings. The van der Waals surface area contributed by atoms with Gasteiger partial charge in [-0.2, -0.15) is 0 Å². The van der Waals surface area contributed by atoms with Crippen molar-refractivity contribution in [3.05, 3.63) is 78.4 Å². The molecule has 0 bridgehead atoms. The van der Waals surface area contributed by atoms with Gasteiger partial charge in [0, 0.05) is 28.4 Å². The summed E-state index contributed by atoms with van der Waals surface area (Å²) in [6.07, 6.45) is 0. The maximum Gasteiger partial charge on any atom is 0.119 e. The van der Waals surface area contributed by atoms with Crippen molar-refractivity contribution in [1.29, 1.82) is 0 Å². The van der Waals surface area contributed by atoms with E-state index in [9.17, 15) is 0 Å². The average molecular weight is 287 g/mol. The van der Waals surface area contributed by atoms with E-state index in [-0.39, 0.29) is 0 Å². The molecule has 3 aromatic carbocycles. The number of hydrogen-bond acceptors (Lipinski definition) is 1. The lowest BCUT2D eigenvalue weighted by Gasteiger charge is -2.08. The van der Waals surface area contributed by atoms with Gasteiger partial charge in [0.2, 0.25) is 0 Å². The first-order valence-corrected chi connectivity index (χ1v) is 7.46. The van der Waals surface area contributed by atoms with Crippen LogP contribution in [-0.2, 0) is 6.54 Å². The molecule has 0 aliphatic heterocycles. The predicted octanol–water partition coefficient (Wildman–Crippen LogP) is 4.85. The van der Waals surface area contributed by atoms with Crippen LogP contribution in [0.25, 0.3) is 21.8 Å². The van der Waals surface area contributed by atoms with Gasteiger partial charge in [-0.05, 0) is 29.8 Å². The van der Waals surface area contributed by atoms with E-state index in [1.165, 1.54) is 27.4 Å². The first kappa shape index (κ1) is 13.0. The zero-order valence-corrected chi connectivity index (χ0v) is 12.5. The minimum absolute atomic E-state index is 0.872. The molecule has 1 heterocycles. The minimum Gasteiger partial charge on any atom is -0.497 e. The average Bonchev–Trinajstić information content (AvgIpc) is 2.89. The molecular weight excluding hydrogens is 270 g/mol. The second-order valence-corrected chi connectivity index (χ2v) is 5.47. The number of methoxy groups -OCH3 is 1. The first-order valence-electron chi connectivity index (χ1n) is 7.46. The van der Waals surface area contributed by atoms with Gasteiger partial charge in [0.1, 0.15) is 5.75 Å². The van der Waals surface area contributed by atoms with E-state index in [0.29, 0.717) is 0 Å². The topological polar surface area (TPSA) is 14.2 Å². The maximum atomic E-state index is 5.39. The zero-order valence-electron chi connectivity index (χ0n) is 12.5. The molecular formula is C20H17NO. The zero-order chi connectivity index (χ0) is 14.9. The van der Waals surface area contributed by atoms with Crippen molar-refractivity contribution >= 4 is 21.8 Å². The molecule has 0 atom stereocenters. The van der Waals surface area contributed by atoms with Crippen LogP contribution in [0, 0.1) is 0 Å². The second-order valence-electron chi connectivity index (χ2n) is 5.47. The fraction of sp³-hybridized carbons (Fsp3) is 0.100. The van der Waals surface area contributed by atoms with Gasteiger partial charge in [-0.3, -0.25) is 0 Å². The number of fused-ring (bicyclic) bond motifs is 3. The van der Waals surface area contributed by atoms with Crippen LogP contribution in [-0.4, -0.2) is 11.7 Å². The summed E-state index contributed by atoms with van der Waals surface area (Å²) < 4.78 is 7.76. The molecule has 108 valence electrons. The summed E-state index contributed by atoms with van der Waals surface area (Å²) in [7, 11) is 1.71. The molecule has 2 heteroatoms. The van der Waals surface area contributed by atoms with E-state index < -0.39 is 0 Å². The van der Waals surface area contributed by atoms with Gasteiger partial charge in [-0.1, -0.05) is 48.5 Å². The van der Waals surface area contributed by atoms with E-state index in [0.717, 1.165) is 12.3 Å². The Balaban J connectivity index is 1.99. The molecule has 0 aliphatic carbocycles. The van der Waals surface area contributed by atoms with Crippen LogP contribution in [0.4, 0.5) is 0 Å². The van der Waals surface area contributed by atoms with E-state index in [1.54, 1.807) is 7.11 Å². The third kappa shape index (κ3) is 2.04. The summed E-state index contributed by atoms with van der Waals surface area (Å²) in [5.74, 6) is 0.898. The molecule has 0 N–H and O–H groups in total. The van der Waals surface area contributed by atoms with E-state index in [4.69, 9.17) is 4.74 Å². The standard InChI is InChI=1S/C20H17NO/c1-22-16-11-12-20-18(13-16)17-9-5-6-10-19(17)21(20)14-15-7-3-2-4-8-15/h2-13H,14H2,1H3. The van der Waals surface area contributed by atoms with Crippen molar-refractivity contribution in [3.63, 3.8) is 0 Å². The number of rotatable bonds is 3. The summed E-state index contributed by atoms with van der Waals surface area (Å²) in [4.78, 5) is 0. The molecule has 0 unspecified atom stereocenters. The molecule has 0 spiro atoms. The molecule has 1 aromatic heterocycles. The van der Waals surface area contributed by atoms with Gasteiger partial charge in [-0.25, -0.2) is 0 Å². The SMILES string of the molecule is COc1ccc2c(c1)c1ccccc1n2Cc1ccccc1. The quantitative estimate of drug-likeness (QED) is 0.525. The maximum absolute atomic E-state index is 5.39. The van der Waals surface area contributed by atoms with Crippen LogP contribution in [0.3, 0.4) is 0 Å². The normalized spacial score (nSPS) is 11.1. The largest absolute Gasteiger partial charge is 0.497 e. The summed E-state index contributed by atoms with van der Waals surface area (Å²) in [5.41, 5.74) is 3.81. The molecule has 0 saturated carbocycles. The molecule has 0 aliphatic rings. The number of ether oxygens (including phenoxy) is 1. The van der Waals surface area contributed by atoms with Gasteiger partial charge in [0.05, 0.1) is 7.11 Å². The monoisotopic (exact) mass is 287 g/mol. The molecule has 22 heavy (non-hydrogen) atoms. The van der Waals surface area contributed by atoms with Crippen molar-refractivity contribution in [1.82, 2.24) is 4.57 Å². The van der Waals surface area contributed by atoms with Crippen molar-refractivity contribution in [3.8, 4) is 5.75 Å². The van der Waals surface area contributed by atoms with E-state index in [2.05, 4.69) is 71.3 Å². The van der Waals surface area contributed by atoms with E-state index >= 15 is 0 Å². The van der Waals surface area contributed by atoms with Gasteiger partial charge in [-0.15, -0.1) is 0 Å². The van der Waals surface area contributed by atoms with Gasteiger partial charge in [0.15, 0.2) is 0 Å². The number of nitrogens with zero attached hydrogens (tertiary/aromatic N) is 1. The number of aromatic nitrogens is 1. The first-order chi connectivity index (χ1) is 10.9. The molecule has 2 nitrogen and oxygen atoms in total. The summed E-state index contributed by atoms with van der Waals surface area (Å²) in [5, 5.41) is 2.51. The molecule has 0 radical (unpaired) electrons. The minimum atomic E-state index is 0.872. The Kier molecular flexibility index (Phi) is 3.08. The van der Waals surface area contributed by atoms with Crippen molar-refractivity contribution in [2.75, 3.05) is 7.11 Å². The highest BCUT2D eigenvalue weighted by molar-refractivity contribution is 6.08. The number of benzene rings is 3. The number of hydrogen-bond donors (Lipinski definition) is 0. The lowest BCUT2D eigenvalue weighted by molar-refractivity contribution is 0.415. The fourth-order valence-corrected chi connectivity index (χ4v) is 3.10. The number of para-hydroxylation sites is 1. The van der Waals surface area contributed by atoms with Crippen LogP contribution in [0.15, 0.2) is 72.8 Å². The summed E-state index contributed by atoms with van der Waals surface area (Å²) in [6.45, 7) is 0.872. The van der Waals surface area contributed by atoms with Crippen molar-refractivity contribution in [2.24, 2.45) is 0 Å².